The summed E-state index contributed by atoms with van der Waals surface area (Å²) in [6, 6.07) is 20.1. The summed E-state index contributed by atoms with van der Waals surface area (Å²) in [4.78, 5) is 26.5. The molecule has 1 amide bonds. The lowest BCUT2D eigenvalue weighted by molar-refractivity contribution is 0.0948. The average Bonchev–Trinajstić information content (AvgIpc) is 3.34. The highest BCUT2D eigenvalue weighted by Crippen LogP contribution is 2.23. The van der Waals surface area contributed by atoms with Gasteiger partial charge in [0.1, 0.15) is 5.69 Å². The first-order chi connectivity index (χ1) is 17.7. The second-order valence-electron chi connectivity index (χ2n) is 9.07. The molecule has 0 aliphatic carbocycles. The fraction of sp³-hybridized carbons (Fsp3) is 0.286. The van der Waals surface area contributed by atoms with Gasteiger partial charge < -0.3 is 10.2 Å². The highest BCUT2D eigenvalue weighted by molar-refractivity contribution is 5.99. The van der Waals surface area contributed by atoms with Crippen LogP contribution in [0.15, 0.2) is 79.3 Å². The highest BCUT2D eigenvalue weighted by atomic mass is 16.1. The molecule has 0 radical (unpaired) electrons. The summed E-state index contributed by atoms with van der Waals surface area (Å²) in [7, 11) is 0. The molecule has 8 nitrogen and oxygen atoms in total. The van der Waals surface area contributed by atoms with E-state index in [1.165, 1.54) is 5.56 Å². The molecule has 5 rings (SSSR count). The number of carbonyl (C=O) groups is 1. The van der Waals surface area contributed by atoms with Crippen LogP contribution in [0.1, 0.15) is 21.5 Å². The summed E-state index contributed by atoms with van der Waals surface area (Å²) in [6.45, 7) is 7.63. The van der Waals surface area contributed by atoms with Crippen LogP contribution in [0.3, 0.4) is 0 Å². The largest absolute Gasteiger partial charge is 0.351 e. The number of carbonyl (C=O) groups excluding carboxylic acids is 1. The number of aromatic nitrogens is 4. The molecular formula is C28H31N7O. The van der Waals surface area contributed by atoms with E-state index in [4.69, 9.17) is 5.10 Å². The van der Waals surface area contributed by atoms with Crippen LogP contribution >= 0.6 is 0 Å². The van der Waals surface area contributed by atoms with Crippen molar-refractivity contribution < 1.29 is 4.79 Å². The van der Waals surface area contributed by atoms with E-state index in [0.29, 0.717) is 24.3 Å². The molecule has 2 aromatic heterocycles. The minimum atomic E-state index is -0.0961. The van der Waals surface area contributed by atoms with Crippen molar-refractivity contribution >= 4 is 11.9 Å². The van der Waals surface area contributed by atoms with Gasteiger partial charge in [-0.25, -0.2) is 9.97 Å². The molecule has 8 heteroatoms. The summed E-state index contributed by atoms with van der Waals surface area (Å²) in [5.74, 6) is 0.683. The van der Waals surface area contributed by atoms with Gasteiger partial charge >= 0.3 is 0 Å². The van der Waals surface area contributed by atoms with Gasteiger partial charge in [-0.3, -0.25) is 14.4 Å². The van der Waals surface area contributed by atoms with E-state index in [2.05, 4.69) is 44.1 Å². The number of anilines is 1. The Morgan fingerprint density at radius 1 is 0.917 bits per heavy atom. The number of benzene rings is 2. The van der Waals surface area contributed by atoms with Crippen LogP contribution in [0.25, 0.3) is 11.3 Å². The summed E-state index contributed by atoms with van der Waals surface area (Å²) >= 11 is 0. The van der Waals surface area contributed by atoms with E-state index < -0.39 is 0 Å². The molecule has 1 saturated heterocycles. The Kier molecular flexibility index (Phi) is 7.33. The predicted molar refractivity (Wildman–Crippen MR) is 141 cm³/mol. The Balaban J connectivity index is 1.22. The quantitative estimate of drug-likeness (QED) is 0.416. The van der Waals surface area contributed by atoms with Gasteiger partial charge in [-0.05, 0) is 18.6 Å². The lowest BCUT2D eigenvalue weighted by Gasteiger charge is -2.34. The van der Waals surface area contributed by atoms with Crippen LogP contribution in [-0.4, -0.2) is 69.8 Å². The Hall–Kier alpha value is -4.04. The van der Waals surface area contributed by atoms with Crippen molar-refractivity contribution in [3.8, 4) is 11.3 Å². The van der Waals surface area contributed by atoms with E-state index in [9.17, 15) is 4.79 Å². The van der Waals surface area contributed by atoms with E-state index >= 15 is 0 Å². The SMILES string of the molecule is Cc1ccc(-c2nn(Cc3ccccc3)cc2C(=O)NCCN2CCN(c3ncccn3)CC2)cc1. The number of aryl methyl sites for hydroxylation is 1. The fourth-order valence-electron chi connectivity index (χ4n) is 4.41. The Morgan fingerprint density at radius 3 is 2.36 bits per heavy atom. The van der Waals surface area contributed by atoms with Gasteiger partial charge in [-0.15, -0.1) is 0 Å². The van der Waals surface area contributed by atoms with Gasteiger partial charge in [0, 0.05) is 63.4 Å². The van der Waals surface area contributed by atoms with Crippen LogP contribution in [-0.2, 0) is 6.54 Å². The van der Waals surface area contributed by atoms with Crippen molar-refractivity contribution in [3.05, 3.63) is 95.9 Å². The first kappa shape index (κ1) is 23.7. The molecule has 4 aromatic rings. The van der Waals surface area contributed by atoms with Crippen molar-refractivity contribution in [2.24, 2.45) is 0 Å². The number of rotatable bonds is 8. The predicted octanol–water partition coefficient (Wildman–Crippen LogP) is 3.25. The Bertz CT molecular complexity index is 1260. The standard InChI is InChI=1S/C28H31N7O/c1-22-8-10-24(11-9-22)26-25(21-35(32-26)20-23-6-3-2-4-7-23)27(36)29-14-15-33-16-18-34(19-17-33)28-30-12-5-13-31-28/h2-13,21H,14-20H2,1H3,(H,29,36). The van der Waals surface area contributed by atoms with Gasteiger partial charge in [0.25, 0.3) is 5.91 Å². The van der Waals surface area contributed by atoms with E-state index in [1.54, 1.807) is 12.4 Å². The average molecular weight is 482 g/mol. The molecule has 0 atom stereocenters. The molecule has 3 heterocycles. The number of amides is 1. The number of hydrogen-bond donors (Lipinski definition) is 1. The third-order valence-electron chi connectivity index (χ3n) is 6.44. The molecule has 1 aliphatic heterocycles. The molecule has 0 spiro atoms. The molecule has 0 unspecified atom stereocenters. The maximum Gasteiger partial charge on any atom is 0.255 e. The summed E-state index contributed by atoms with van der Waals surface area (Å²) in [5, 5.41) is 7.91. The van der Waals surface area contributed by atoms with Gasteiger partial charge in [0.15, 0.2) is 0 Å². The third-order valence-corrected chi connectivity index (χ3v) is 6.44. The second-order valence-corrected chi connectivity index (χ2v) is 9.07. The van der Waals surface area contributed by atoms with Crippen molar-refractivity contribution in [2.45, 2.75) is 13.5 Å². The number of nitrogens with zero attached hydrogens (tertiary/aromatic N) is 6. The topological polar surface area (TPSA) is 79.2 Å². The minimum Gasteiger partial charge on any atom is -0.351 e. The van der Waals surface area contributed by atoms with Crippen LogP contribution in [0, 0.1) is 6.92 Å². The monoisotopic (exact) mass is 481 g/mol. The van der Waals surface area contributed by atoms with Crippen LogP contribution in [0.2, 0.25) is 0 Å². The zero-order valence-electron chi connectivity index (χ0n) is 20.5. The van der Waals surface area contributed by atoms with Crippen LogP contribution < -0.4 is 10.2 Å². The molecule has 1 fully saturated rings. The number of nitrogens with one attached hydrogen (secondary N) is 1. The Morgan fingerprint density at radius 2 is 1.64 bits per heavy atom. The van der Waals surface area contributed by atoms with Crippen molar-refractivity contribution in [1.29, 1.82) is 0 Å². The van der Waals surface area contributed by atoms with Gasteiger partial charge in [0.2, 0.25) is 5.95 Å². The van der Waals surface area contributed by atoms with E-state index in [-0.39, 0.29) is 5.91 Å². The van der Waals surface area contributed by atoms with Gasteiger partial charge in [-0.1, -0.05) is 60.2 Å². The number of piperazine rings is 1. The molecule has 1 N–H and O–H groups in total. The highest BCUT2D eigenvalue weighted by Gasteiger charge is 2.20. The molecule has 184 valence electrons. The molecular weight excluding hydrogens is 450 g/mol. The maximum atomic E-state index is 13.2. The molecule has 1 aliphatic rings. The zero-order valence-corrected chi connectivity index (χ0v) is 20.5. The van der Waals surface area contributed by atoms with E-state index in [1.807, 2.05) is 59.4 Å². The fourth-order valence-corrected chi connectivity index (χ4v) is 4.41. The molecule has 0 bridgehead atoms. The third kappa shape index (κ3) is 5.78. The lowest BCUT2D eigenvalue weighted by atomic mass is 10.1. The first-order valence-electron chi connectivity index (χ1n) is 12.4. The molecule has 36 heavy (non-hydrogen) atoms. The normalized spacial score (nSPS) is 14.1. The summed E-state index contributed by atoms with van der Waals surface area (Å²) in [6.07, 6.45) is 5.41. The lowest BCUT2D eigenvalue weighted by Crippen LogP contribution is -2.49. The zero-order chi connectivity index (χ0) is 24.7. The van der Waals surface area contributed by atoms with Crippen molar-refractivity contribution in [1.82, 2.24) is 30.0 Å². The van der Waals surface area contributed by atoms with Gasteiger partial charge in [-0.2, -0.15) is 5.10 Å². The van der Waals surface area contributed by atoms with Gasteiger partial charge in [0.05, 0.1) is 12.1 Å². The smallest absolute Gasteiger partial charge is 0.255 e. The van der Waals surface area contributed by atoms with E-state index in [0.717, 1.165) is 49.8 Å². The van der Waals surface area contributed by atoms with Crippen molar-refractivity contribution in [3.63, 3.8) is 0 Å². The second kappa shape index (κ2) is 11.1. The van der Waals surface area contributed by atoms with Crippen molar-refractivity contribution in [2.75, 3.05) is 44.2 Å². The summed E-state index contributed by atoms with van der Waals surface area (Å²) < 4.78 is 1.85. The minimum absolute atomic E-state index is 0.0961. The Labute approximate surface area is 211 Å². The summed E-state index contributed by atoms with van der Waals surface area (Å²) in [5.41, 5.74) is 4.56. The molecule has 2 aromatic carbocycles. The first-order valence-corrected chi connectivity index (χ1v) is 12.4. The van der Waals surface area contributed by atoms with Crippen LogP contribution in [0.5, 0.6) is 0 Å². The number of hydrogen-bond acceptors (Lipinski definition) is 6. The molecule has 0 saturated carbocycles. The van der Waals surface area contributed by atoms with Crippen LogP contribution in [0.4, 0.5) is 5.95 Å². The maximum absolute atomic E-state index is 13.2.